The fourth-order valence-electron chi connectivity index (χ4n) is 1.74. The van der Waals surface area contributed by atoms with Crippen molar-refractivity contribution in [1.82, 2.24) is 10.3 Å². The number of hydrogen-bond acceptors (Lipinski definition) is 3. The lowest BCUT2D eigenvalue weighted by atomic mass is 9.98. The molecule has 1 N–H and O–H groups in total. The minimum absolute atomic E-state index is 0.148. The molecule has 0 saturated carbocycles. The van der Waals surface area contributed by atoms with Crippen molar-refractivity contribution in [2.45, 2.75) is 59.2 Å². The van der Waals surface area contributed by atoms with Crippen molar-refractivity contribution in [3.8, 4) is 0 Å². The summed E-state index contributed by atoms with van der Waals surface area (Å²) in [5, 5.41) is 3.47. The molecule has 0 atom stereocenters. The predicted molar refractivity (Wildman–Crippen MR) is 79.0 cm³/mol. The normalized spacial score (nSPS) is 11.9. The zero-order chi connectivity index (χ0) is 13.8. The maximum Gasteiger partial charge on any atom is 0.0600 e. The number of nitrogens with one attached hydrogen (secondary N) is 1. The van der Waals surface area contributed by atoms with Gasteiger partial charge in [-0.15, -0.1) is 0 Å². The minimum atomic E-state index is 0.148. The first kappa shape index (κ1) is 15.0. The topological polar surface area (TPSA) is 28.2 Å². The fraction of sp³-hybridized carbons (Fsp3) is 0.667. The maximum atomic E-state index is 4.27. The van der Waals surface area contributed by atoms with Crippen molar-refractivity contribution in [3.63, 3.8) is 0 Å². The van der Waals surface area contributed by atoms with Crippen molar-refractivity contribution in [1.29, 1.82) is 0 Å². The lowest BCUT2D eigenvalue weighted by molar-refractivity contribution is 0.468. The van der Waals surface area contributed by atoms with Gasteiger partial charge in [-0.3, -0.25) is 4.98 Å². The van der Waals surface area contributed by atoms with E-state index >= 15 is 0 Å². The second-order valence-electron chi connectivity index (χ2n) is 5.76. The Morgan fingerprint density at radius 2 is 2.06 bits per heavy atom. The molecule has 102 valence electrons. The molecule has 0 unspecified atom stereocenters. The summed E-state index contributed by atoms with van der Waals surface area (Å²) in [6.45, 7) is 12.0. The zero-order valence-electron chi connectivity index (χ0n) is 12.6. The van der Waals surface area contributed by atoms with Crippen LogP contribution in [-0.2, 0) is 6.54 Å². The van der Waals surface area contributed by atoms with Gasteiger partial charge in [-0.05, 0) is 31.9 Å². The Labute approximate surface area is 112 Å². The second-order valence-corrected chi connectivity index (χ2v) is 5.76. The number of hydrogen-bond donors (Lipinski definition) is 1. The summed E-state index contributed by atoms with van der Waals surface area (Å²) >= 11 is 0. The van der Waals surface area contributed by atoms with Crippen LogP contribution in [0.15, 0.2) is 18.5 Å². The van der Waals surface area contributed by atoms with Crippen LogP contribution in [0.2, 0.25) is 0 Å². The molecule has 0 bridgehead atoms. The van der Waals surface area contributed by atoms with Gasteiger partial charge in [0.15, 0.2) is 0 Å². The highest BCUT2D eigenvalue weighted by Crippen LogP contribution is 2.27. The van der Waals surface area contributed by atoms with Gasteiger partial charge in [-0.1, -0.05) is 20.8 Å². The van der Waals surface area contributed by atoms with E-state index in [1.807, 2.05) is 12.4 Å². The summed E-state index contributed by atoms with van der Waals surface area (Å²) in [4.78, 5) is 6.60. The SMILES string of the molecule is CCC(C)(C)N(C)c1cnccc1CNC(C)C. The van der Waals surface area contributed by atoms with Crippen LogP contribution in [0.4, 0.5) is 5.69 Å². The van der Waals surface area contributed by atoms with E-state index in [-0.39, 0.29) is 5.54 Å². The Hall–Kier alpha value is -1.09. The highest BCUT2D eigenvalue weighted by molar-refractivity contribution is 5.53. The van der Waals surface area contributed by atoms with E-state index in [2.05, 4.69) is 62.9 Å². The van der Waals surface area contributed by atoms with Gasteiger partial charge < -0.3 is 10.2 Å². The third-order valence-electron chi connectivity index (χ3n) is 3.72. The van der Waals surface area contributed by atoms with Gasteiger partial charge in [-0.2, -0.15) is 0 Å². The molecule has 0 spiro atoms. The number of pyridine rings is 1. The number of anilines is 1. The van der Waals surface area contributed by atoms with E-state index in [4.69, 9.17) is 0 Å². The average molecular weight is 249 g/mol. The quantitative estimate of drug-likeness (QED) is 0.839. The van der Waals surface area contributed by atoms with E-state index in [0.29, 0.717) is 6.04 Å². The minimum Gasteiger partial charge on any atom is -0.368 e. The molecule has 1 aromatic rings. The Kier molecular flexibility index (Phi) is 5.15. The van der Waals surface area contributed by atoms with Crippen LogP contribution in [-0.4, -0.2) is 23.6 Å². The van der Waals surface area contributed by atoms with Crippen LogP contribution in [0.25, 0.3) is 0 Å². The number of rotatable bonds is 6. The molecule has 1 heterocycles. The molecule has 3 nitrogen and oxygen atoms in total. The fourth-order valence-corrected chi connectivity index (χ4v) is 1.74. The molecule has 0 aliphatic carbocycles. The first-order valence-corrected chi connectivity index (χ1v) is 6.78. The van der Waals surface area contributed by atoms with Crippen LogP contribution < -0.4 is 10.2 Å². The van der Waals surface area contributed by atoms with Gasteiger partial charge in [0.05, 0.1) is 11.9 Å². The van der Waals surface area contributed by atoms with Gasteiger partial charge in [0.1, 0.15) is 0 Å². The Balaban J connectivity index is 2.94. The van der Waals surface area contributed by atoms with Crippen molar-refractivity contribution in [2.24, 2.45) is 0 Å². The molecule has 0 aliphatic rings. The van der Waals surface area contributed by atoms with Crippen LogP contribution >= 0.6 is 0 Å². The highest BCUT2D eigenvalue weighted by atomic mass is 15.2. The zero-order valence-corrected chi connectivity index (χ0v) is 12.6. The molecule has 18 heavy (non-hydrogen) atoms. The van der Waals surface area contributed by atoms with E-state index in [0.717, 1.165) is 13.0 Å². The van der Waals surface area contributed by atoms with Crippen molar-refractivity contribution in [2.75, 3.05) is 11.9 Å². The Morgan fingerprint density at radius 1 is 1.39 bits per heavy atom. The molecular formula is C15H27N3. The summed E-state index contributed by atoms with van der Waals surface area (Å²) in [6.07, 6.45) is 4.94. The van der Waals surface area contributed by atoms with Crippen molar-refractivity contribution < 1.29 is 0 Å². The molecular weight excluding hydrogens is 222 g/mol. The summed E-state index contributed by atoms with van der Waals surface area (Å²) in [5.74, 6) is 0. The summed E-state index contributed by atoms with van der Waals surface area (Å²) < 4.78 is 0. The van der Waals surface area contributed by atoms with Crippen molar-refractivity contribution in [3.05, 3.63) is 24.0 Å². The molecule has 0 fully saturated rings. The largest absolute Gasteiger partial charge is 0.368 e. The van der Waals surface area contributed by atoms with Gasteiger partial charge >= 0.3 is 0 Å². The van der Waals surface area contributed by atoms with Gasteiger partial charge in [0.2, 0.25) is 0 Å². The molecule has 1 rings (SSSR count). The number of aromatic nitrogens is 1. The molecule has 0 radical (unpaired) electrons. The third-order valence-corrected chi connectivity index (χ3v) is 3.72. The standard InChI is InChI=1S/C15H27N3/c1-7-15(4,5)18(6)14-11-16-9-8-13(14)10-17-12(2)3/h8-9,11-12,17H,7,10H2,1-6H3. The third kappa shape index (κ3) is 3.70. The first-order valence-electron chi connectivity index (χ1n) is 6.78. The van der Waals surface area contributed by atoms with E-state index in [1.54, 1.807) is 0 Å². The Bertz CT molecular complexity index is 372. The Morgan fingerprint density at radius 3 is 2.61 bits per heavy atom. The second kappa shape index (κ2) is 6.19. The smallest absolute Gasteiger partial charge is 0.0600 e. The molecule has 0 amide bonds. The average Bonchev–Trinajstić information content (AvgIpc) is 2.35. The van der Waals surface area contributed by atoms with Gasteiger partial charge in [-0.25, -0.2) is 0 Å². The summed E-state index contributed by atoms with van der Waals surface area (Å²) in [6, 6.07) is 2.60. The lowest BCUT2D eigenvalue weighted by Crippen LogP contribution is -2.41. The molecule has 0 aliphatic heterocycles. The molecule has 3 heteroatoms. The predicted octanol–water partition coefficient (Wildman–Crippen LogP) is 3.20. The maximum absolute atomic E-state index is 4.27. The monoisotopic (exact) mass is 249 g/mol. The van der Waals surface area contributed by atoms with Crippen LogP contribution in [0, 0.1) is 0 Å². The van der Waals surface area contributed by atoms with Crippen molar-refractivity contribution >= 4 is 5.69 Å². The lowest BCUT2D eigenvalue weighted by Gasteiger charge is -2.37. The van der Waals surface area contributed by atoms with E-state index in [9.17, 15) is 0 Å². The molecule has 1 aromatic heterocycles. The van der Waals surface area contributed by atoms with Crippen LogP contribution in [0.1, 0.15) is 46.6 Å². The molecule has 0 saturated heterocycles. The van der Waals surface area contributed by atoms with Gasteiger partial charge in [0.25, 0.3) is 0 Å². The van der Waals surface area contributed by atoms with Crippen LogP contribution in [0.5, 0.6) is 0 Å². The van der Waals surface area contributed by atoms with Gasteiger partial charge in [0, 0.05) is 31.4 Å². The summed E-state index contributed by atoms with van der Waals surface area (Å²) in [7, 11) is 2.15. The highest BCUT2D eigenvalue weighted by Gasteiger charge is 2.23. The summed E-state index contributed by atoms with van der Waals surface area (Å²) in [5.41, 5.74) is 2.68. The van der Waals surface area contributed by atoms with E-state index in [1.165, 1.54) is 11.3 Å². The number of nitrogens with zero attached hydrogens (tertiary/aromatic N) is 2. The van der Waals surface area contributed by atoms with Crippen LogP contribution in [0.3, 0.4) is 0 Å². The van der Waals surface area contributed by atoms with E-state index < -0.39 is 0 Å². The first-order chi connectivity index (χ1) is 8.38. The molecule has 0 aromatic carbocycles.